The zero-order valence-corrected chi connectivity index (χ0v) is 29.5. The Morgan fingerprint density at radius 3 is 1.61 bits per heavy atom. The van der Waals surface area contributed by atoms with Crippen molar-refractivity contribution < 1.29 is 31.8 Å². The lowest BCUT2D eigenvalue weighted by molar-refractivity contribution is 0.669. The van der Waals surface area contributed by atoms with Crippen molar-refractivity contribution in [2.24, 2.45) is 0 Å². The highest BCUT2D eigenvalue weighted by Crippen LogP contribution is 2.46. The van der Waals surface area contributed by atoms with Gasteiger partial charge < -0.3 is 4.42 Å². The molecule has 0 radical (unpaired) electrons. The van der Waals surface area contributed by atoms with Gasteiger partial charge in [-0.2, -0.15) is 0 Å². The molecule has 264 valence electrons. The van der Waals surface area contributed by atoms with Gasteiger partial charge in [0.2, 0.25) is 0 Å². The zero-order valence-electron chi connectivity index (χ0n) is 49.5. The molecule has 57 heavy (non-hydrogen) atoms. The molecule has 0 saturated heterocycles. The summed E-state index contributed by atoms with van der Waals surface area (Å²) in [6.45, 7) is 0. The van der Waals surface area contributed by atoms with Gasteiger partial charge in [-0.15, -0.1) is 0 Å². The Labute approximate surface area is 357 Å². The van der Waals surface area contributed by atoms with Crippen LogP contribution in [-0.4, -0.2) is 0 Å². The van der Waals surface area contributed by atoms with Gasteiger partial charge in [0.1, 0.15) is 11.2 Å². The molecule has 0 N–H and O–H groups in total. The Morgan fingerprint density at radius 1 is 0.316 bits per heavy atom. The van der Waals surface area contributed by atoms with Crippen molar-refractivity contribution in [1.29, 1.82) is 0 Å². The summed E-state index contributed by atoms with van der Waals surface area (Å²) in [6, 6.07) is 12.8. The number of benzene rings is 11. The average Bonchev–Trinajstić information content (AvgIpc) is 3.83. The van der Waals surface area contributed by atoms with E-state index >= 15 is 0 Å². The monoisotopic (exact) mass is 742 g/mol. The lowest BCUT2D eigenvalue weighted by Crippen LogP contribution is -1.91. The maximum Gasteiger partial charge on any atom is 0.135 e. The third-order valence-electron chi connectivity index (χ3n) is 10.6. The van der Waals surface area contributed by atoms with Crippen LogP contribution in [0, 0.1) is 0 Å². The van der Waals surface area contributed by atoms with Gasteiger partial charge in [0, 0.05) is 10.8 Å². The first-order valence-corrected chi connectivity index (χ1v) is 18.0. The second-order valence-electron chi connectivity index (χ2n) is 13.6. The minimum atomic E-state index is -0.611. The Kier molecular flexibility index (Phi) is 3.95. The molecular weight excluding hydrogens is 689 g/mol. The molecule has 12 rings (SSSR count). The van der Waals surface area contributed by atoms with Crippen LogP contribution in [0.1, 0.15) is 27.4 Å². The van der Waals surface area contributed by atoms with Crippen LogP contribution in [-0.2, 0) is 0 Å². The summed E-state index contributed by atoms with van der Waals surface area (Å²) in [5.74, 6) is 0. The fraction of sp³-hybridized carbons (Fsp3) is 0. The molecule has 0 fully saturated rings. The van der Waals surface area contributed by atoms with E-state index < -0.39 is 121 Å². The highest BCUT2D eigenvalue weighted by Gasteiger charge is 2.19. The molecule has 0 unspecified atom stereocenters. The summed E-state index contributed by atoms with van der Waals surface area (Å²) < 4.78 is 185. The molecule has 0 spiro atoms. The quantitative estimate of drug-likeness (QED) is 0.164. The lowest BCUT2D eigenvalue weighted by Gasteiger charge is -2.19. The third kappa shape index (κ3) is 4.96. The summed E-state index contributed by atoms with van der Waals surface area (Å²) >= 11 is 0. The minimum absolute atomic E-state index is 0.0120. The van der Waals surface area contributed by atoms with E-state index in [9.17, 15) is 8.22 Å². The highest BCUT2D eigenvalue weighted by atomic mass is 16.3. The molecule has 12 aromatic rings. The maximum absolute atomic E-state index is 9.80. The Hall–Kier alpha value is -7.48. The SMILES string of the molecule is [2H]c1c([2H])c([2H])c2c(-c3ccc4oc5ccc(-c6c([2H])c([2H])c([2H])c7c([2H])c([2H])c([2H])c(-c8c9ccccc9cc9c(-c%10c([2H])c([2H])c([2H])c%11c([2H])c([2H])c([2H])c([2H])c%10%11)cccc89)c67)cc5c4c3)c([2H])c([2H])c([2H])c2c1[2H]. The summed E-state index contributed by atoms with van der Waals surface area (Å²) in [5.41, 5.74) is 1.73. The van der Waals surface area contributed by atoms with Crippen LogP contribution in [0.4, 0.5) is 0 Å². The second kappa shape index (κ2) is 12.5. The molecule has 0 aliphatic carbocycles. The Bertz CT molecular complexity index is 4730. The van der Waals surface area contributed by atoms with Gasteiger partial charge in [-0.05, 0) is 129 Å². The first kappa shape index (κ1) is 18.0. The molecule has 1 heterocycles. The highest BCUT2D eigenvalue weighted by molar-refractivity contribution is 6.22. The summed E-state index contributed by atoms with van der Waals surface area (Å²) in [6.07, 6.45) is 0. The van der Waals surface area contributed by atoms with Gasteiger partial charge in [0.15, 0.2) is 0 Å². The van der Waals surface area contributed by atoms with E-state index in [-0.39, 0.29) is 71.3 Å². The molecule has 0 bridgehead atoms. The topological polar surface area (TPSA) is 13.1 Å². The molecular formula is C56H34O. The van der Waals surface area contributed by atoms with Gasteiger partial charge >= 0.3 is 0 Å². The molecule has 0 amide bonds. The predicted molar refractivity (Wildman–Crippen MR) is 243 cm³/mol. The third-order valence-corrected chi connectivity index (χ3v) is 10.6. The van der Waals surface area contributed by atoms with Crippen molar-refractivity contribution >= 4 is 75.8 Å². The number of rotatable bonds is 4. The van der Waals surface area contributed by atoms with E-state index in [1.807, 2.05) is 0 Å². The van der Waals surface area contributed by atoms with Crippen LogP contribution in [0.2, 0.25) is 0 Å². The molecule has 0 aliphatic heterocycles. The van der Waals surface area contributed by atoms with E-state index in [1.54, 1.807) is 84.9 Å². The van der Waals surface area contributed by atoms with Crippen LogP contribution in [0.5, 0.6) is 0 Å². The van der Waals surface area contributed by atoms with Crippen LogP contribution in [0.25, 0.3) is 120 Å². The summed E-state index contributed by atoms with van der Waals surface area (Å²) in [7, 11) is 0. The Morgan fingerprint density at radius 2 is 0.877 bits per heavy atom. The molecule has 1 heteroatoms. The number of furan rings is 1. The van der Waals surface area contributed by atoms with Gasteiger partial charge in [-0.1, -0.05) is 175 Å². The Balaban J connectivity index is 1.19. The molecule has 0 atom stereocenters. The fourth-order valence-electron chi connectivity index (χ4n) is 8.08. The van der Waals surface area contributed by atoms with Crippen molar-refractivity contribution in [2.45, 2.75) is 0 Å². The standard InChI is InChI=1S/C56H34O/c1-4-19-41-35(12-1)15-7-22-43(41)39-28-30-53-51(33-39)52-34-40(29-31-54(52)57-53)44-23-9-17-37-18-10-27-49(55(37)44)56-45-21-6-3-14-38(45)32-50-47(25-11-26-48(50)56)46-24-8-16-36-13-2-5-20-42(36)46/h1-34H/i1D,2D,4D,5D,7D,8D,9D,10D,12D,13D,15D,16D,17D,18D,19D,20D,22D,23D,24D,27D. The van der Waals surface area contributed by atoms with Crippen LogP contribution < -0.4 is 0 Å². The maximum atomic E-state index is 9.80. The van der Waals surface area contributed by atoms with Crippen LogP contribution in [0.3, 0.4) is 0 Å². The van der Waals surface area contributed by atoms with Gasteiger partial charge in [0.05, 0.1) is 27.4 Å². The molecule has 1 nitrogen and oxygen atoms in total. The van der Waals surface area contributed by atoms with E-state index in [0.29, 0.717) is 49.0 Å². The van der Waals surface area contributed by atoms with E-state index in [2.05, 4.69) is 0 Å². The zero-order chi connectivity index (χ0) is 54.9. The first-order chi connectivity index (χ1) is 36.6. The normalized spacial score (nSPS) is 16.8. The molecule has 0 saturated carbocycles. The smallest absolute Gasteiger partial charge is 0.135 e. The van der Waals surface area contributed by atoms with Crippen molar-refractivity contribution in [3.63, 3.8) is 0 Å². The number of hydrogen-bond donors (Lipinski definition) is 0. The van der Waals surface area contributed by atoms with Crippen LogP contribution >= 0.6 is 0 Å². The van der Waals surface area contributed by atoms with E-state index in [0.717, 1.165) is 0 Å². The molecule has 11 aromatic carbocycles. The summed E-state index contributed by atoms with van der Waals surface area (Å²) in [4.78, 5) is 0. The average molecular weight is 743 g/mol. The molecule has 0 aliphatic rings. The van der Waals surface area contributed by atoms with Gasteiger partial charge in [-0.25, -0.2) is 0 Å². The van der Waals surface area contributed by atoms with E-state index in [4.69, 9.17) is 23.6 Å². The van der Waals surface area contributed by atoms with Crippen molar-refractivity contribution in [2.75, 3.05) is 0 Å². The van der Waals surface area contributed by atoms with Crippen molar-refractivity contribution in [1.82, 2.24) is 0 Å². The van der Waals surface area contributed by atoms with Gasteiger partial charge in [-0.3, -0.25) is 0 Å². The first-order valence-electron chi connectivity index (χ1n) is 28.0. The minimum Gasteiger partial charge on any atom is -0.456 e. The van der Waals surface area contributed by atoms with Crippen LogP contribution in [0.15, 0.2) is 210 Å². The van der Waals surface area contributed by atoms with E-state index in [1.165, 1.54) is 0 Å². The summed E-state index contributed by atoms with van der Waals surface area (Å²) in [5, 5.41) is 1.79. The predicted octanol–water partition coefficient (Wildman–Crippen LogP) is 16.0. The lowest BCUT2D eigenvalue weighted by atomic mass is 9.84. The van der Waals surface area contributed by atoms with Gasteiger partial charge in [0.25, 0.3) is 0 Å². The number of hydrogen-bond acceptors (Lipinski definition) is 1. The number of fused-ring (bicyclic) bond motifs is 8. The molecule has 1 aromatic heterocycles. The van der Waals surface area contributed by atoms with Crippen molar-refractivity contribution in [3.05, 3.63) is 206 Å². The fourth-order valence-corrected chi connectivity index (χ4v) is 8.08. The second-order valence-corrected chi connectivity index (χ2v) is 13.6. The van der Waals surface area contributed by atoms with Crippen molar-refractivity contribution in [3.8, 4) is 44.5 Å². The largest absolute Gasteiger partial charge is 0.456 e.